The summed E-state index contributed by atoms with van der Waals surface area (Å²) in [7, 11) is 0. The first kappa shape index (κ1) is 14.6. The Bertz CT molecular complexity index is 627. The maximum absolute atomic E-state index is 12.4. The van der Waals surface area contributed by atoms with Crippen molar-refractivity contribution in [1.82, 2.24) is 9.97 Å². The number of hydrogen-bond acceptors (Lipinski definition) is 3. The Balaban J connectivity index is 2.27. The van der Waals surface area contributed by atoms with Gasteiger partial charge < -0.3 is 4.74 Å². The van der Waals surface area contributed by atoms with Crippen molar-refractivity contribution in [3.05, 3.63) is 46.4 Å². The fourth-order valence-electron chi connectivity index (χ4n) is 1.49. The Morgan fingerprint density at radius 1 is 1.05 bits per heavy atom. The van der Waals surface area contributed by atoms with Crippen molar-refractivity contribution in [2.24, 2.45) is 0 Å². The van der Waals surface area contributed by atoms with E-state index in [2.05, 4.69) is 9.97 Å². The van der Waals surface area contributed by atoms with Crippen LogP contribution in [0, 0.1) is 13.8 Å². The van der Waals surface area contributed by atoms with Crippen LogP contribution in [-0.2, 0) is 6.18 Å². The molecule has 1 aromatic heterocycles. The summed E-state index contributed by atoms with van der Waals surface area (Å²) in [6, 6.07) is 4.35. The minimum Gasteiger partial charge on any atom is -0.439 e. The van der Waals surface area contributed by atoms with Crippen molar-refractivity contribution >= 4 is 11.6 Å². The molecule has 7 heteroatoms. The minimum atomic E-state index is -4.37. The first-order chi connectivity index (χ1) is 9.27. The molecule has 20 heavy (non-hydrogen) atoms. The van der Waals surface area contributed by atoms with E-state index in [1.165, 1.54) is 12.1 Å². The third kappa shape index (κ3) is 3.19. The molecule has 3 nitrogen and oxygen atoms in total. The summed E-state index contributed by atoms with van der Waals surface area (Å²) in [6.45, 7) is 3.31. The van der Waals surface area contributed by atoms with Gasteiger partial charge in [-0.25, -0.2) is 4.98 Å². The number of aryl methyl sites for hydroxylation is 1. The van der Waals surface area contributed by atoms with Crippen molar-refractivity contribution in [2.45, 2.75) is 20.0 Å². The van der Waals surface area contributed by atoms with Gasteiger partial charge in [0.1, 0.15) is 16.7 Å². The predicted molar refractivity (Wildman–Crippen MR) is 68.0 cm³/mol. The van der Waals surface area contributed by atoms with Gasteiger partial charge in [-0.05, 0) is 38.1 Å². The van der Waals surface area contributed by atoms with Crippen LogP contribution >= 0.6 is 11.6 Å². The van der Waals surface area contributed by atoms with Gasteiger partial charge in [0.25, 0.3) is 0 Å². The van der Waals surface area contributed by atoms with Gasteiger partial charge in [-0.3, -0.25) is 0 Å². The third-order valence-corrected chi connectivity index (χ3v) is 2.92. The molecule has 106 valence electrons. The van der Waals surface area contributed by atoms with Crippen LogP contribution < -0.4 is 4.74 Å². The summed E-state index contributed by atoms with van der Waals surface area (Å²) in [5, 5.41) is 0.249. The zero-order valence-electron chi connectivity index (χ0n) is 10.6. The minimum absolute atomic E-state index is 0.224. The maximum Gasteiger partial charge on any atom is 0.416 e. The number of halogens is 4. The van der Waals surface area contributed by atoms with Crippen molar-refractivity contribution in [3.8, 4) is 11.6 Å². The molecule has 0 aliphatic rings. The first-order valence-corrected chi connectivity index (χ1v) is 6.01. The lowest BCUT2D eigenvalue weighted by molar-refractivity contribution is -0.137. The number of rotatable bonds is 2. The average Bonchev–Trinajstić information content (AvgIpc) is 2.35. The standard InChI is InChI=1S/C13H10ClF3N2O/c1-7-11(14)18-8(2)19-12(7)20-10-5-3-9(4-6-10)13(15,16)17/h3-6H,1-2H3. The smallest absolute Gasteiger partial charge is 0.416 e. The quantitative estimate of drug-likeness (QED) is 0.763. The topological polar surface area (TPSA) is 35.0 Å². The zero-order valence-corrected chi connectivity index (χ0v) is 11.4. The fourth-order valence-corrected chi connectivity index (χ4v) is 1.70. The number of ether oxygens (including phenoxy) is 1. The van der Waals surface area contributed by atoms with Crippen LogP contribution in [0.3, 0.4) is 0 Å². The van der Waals surface area contributed by atoms with E-state index in [1.807, 2.05) is 0 Å². The van der Waals surface area contributed by atoms with E-state index in [-0.39, 0.29) is 16.8 Å². The van der Waals surface area contributed by atoms with Gasteiger partial charge in [-0.15, -0.1) is 0 Å². The lowest BCUT2D eigenvalue weighted by Gasteiger charge is -2.10. The monoisotopic (exact) mass is 302 g/mol. The molecule has 0 atom stereocenters. The van der Waals surface area contributed by atoms with Crippen molar-refractivity contribution < 1.29 is 17.9 Å². The summed E-state index contributed by atoms with van der Waals surface area (Å²) in [4.78, 5) is 8.01. The zero-order chi connectivity index (χ0) is 14.9. The van der Waals surface area contributed by atoms with E-state index in [1.54, 1.807) is 13.8 Å². The number of hydrogen-bond donors (Lipinski definition) is 0. The molecule has 0 saturated carbocycles. The largest absolute Gasteiger partial charge is 0.439 e. The second-order valence-corrected chi connectivity index (χ2v) is 4.47. The van der Waals surface area contributed by atoms with Gasteiger partial charge in [0, 0.05) is 5.56 Å². The summed E-state index contributed by atoms with van der Waals surface area (Å²) in [6.07, 6.45) is -4.37. The molecular formula is C13H10ClF3N2O. The highest BCUT2D eigenvalue weighted by molar-refractivity contribution is 6.30. The Morgan fingerprint density at radius 2 is 1.65 bits per heavy atom. The SMILES string of the molecule is Cc1nc(Cl)c(C)c(Oc2ccc(C(F)(F)F)cc2)n1. The number of aromatic nitrogens is 2. The molecule has 0 spiro atoms. The van der Waals surface area contributed by atoms with Crippen molar-refractivity contribution in [1.29, 1.82) is 0 Å². The second kappa shape index (κ2) is 5.28. The van der Waals surface area contributed by atoms with Gasteiger partial charge >= 0.3 is 6.18 Å². The maximum atomic E-state index is 12.4. The molecule has 1 aromatic carbocycles. The van der Waals surface area contributed by atoms with Gasteiger partial charge in [-0.1, -0.05) is 11.6 Å². The highest BCUT2D eigenvalue weighted by Crippen LogP contribution is 2.32. The second-order valence-electron chi connectivity index (χ2n) is 4.12. The molecule has 0 aliphatic carbocycles. The molecule has 0 aliphatic heterocycles. The molecule has 0 radical (unpaired) electrons. The Morgan fingerprint density at radius 3 is 2.20 bits per heavy atom. The normalized spacial score (nSPS) is 11.5. The number of benzene rings is 1. The van der Waals surface area contributed by atoms with Crippen LogP contribution in [0.2, 0.25) is 5.15 Å². The Kier molecular flexibility index (Phi) is 3.85. The molecule has 0 unspecified atom stereocenters. The van der Waals surface area contributed by atoms with Crippen LogP contribution in [-0.4, -0.2) is 9.97 Å². The summed E-state index contributed by atoms with van der Waals surface area (Å²) < 4.78 is 42.7. The molecular weight excluding hydrogens is 293 g/mol. The third-order valence-electron chi connectivity index (χ3n) is 2.55. The molecule has 0 N–H and O–H groups in total. The van der Waals surface area contributed by atoms with Gasteiger partial charge in [0.2, 0.25) is 5.88 Å². The van der Waals surface area contributed by atoms with Crippen LogP contribution in [0.1, 0.15) is 17.0 Å². The lowest BCUT2D eigenvalue weighted by Crippen LogP contribution is -2.04. The number of nitrogens with zero attached hydrogens (tertiary/aromatic N) is 2. The van der Waals surface area contributed by atoms with Crippen LogP contribution in [0.25, 0.3) is 0 Å². The molecule has 1 heterocycles. The molecule has 2 rings (SSSR count). The molecule has 2 aromatic rings. The van der Waals surface area contributed by atoms with Gasteiger partial charge in [0.15, 0.2) is 0 Å². The average molecular weight is 303 g/mol. The molecule has 0 bridgehead atoms. The summed E-state index contributed by atoms with van der Waals surface area (Å²) >= 11 is 5.89. The predicted octanol–water partition coefficient (Wildman–Crippen LogP) is 4.56. The molecule has 0 fully saturated rings. The summed E-state index contributed by atoms with van der Waals surface area (Å²) in [5.74, 6) is 0.889. The van der Waals surface area contributed by atoms with Crippen molar-refractivity contribution in [2.75, 3.05) is 0 Å². The van der Waals surface area contributed by atoms with E-state index in [0.717, 1.165) is 12.1 Å². The molecule has 0 amide bonds. The van der Waals surface area contributed by atoms with E-state index in [9.17, 15) is 13.2 Å². The highest BCUT2D eigenvalue weighted by Gasteiger charge is 2.30. The summed E-state index contributed by atoms with van der Waals surface area (Å²) in [5.41, 5.74) is -0.212. The Labute approximate surface area is 118 Å². The van der Waals surface area contributed by atoms with Crippen LogP contribution in [0.5, 0.6) is 11.6 Å². The highest BCUT2D eigenvalue weighted by atomic mass is 35.5. The fraction of sp³-hybridized carbons (Fsp3) is 0.231. The van der Waals surface area contributed by atoms with Crippen LogP contribution in [0.4, 0.5) is 13.2 Å². The van der Waals surface area contributed by atoms with Crippen molar-refractivity contribution in [3.63, 3.8) is 0 Å². The van der Waals surface area contributed by atoms with Gasteiger partial charge in [0.05, 0.1) is 5.56 Å². The number of alkyl halides is 3. The van der Waals surface area contributed by atoms with E-state index in [4.69, 9.17) is 16.3 Å². The first-order valence-electron chi connectivity index (χ1n) is 5.63. The van der Waals surface area contributed by atoms with E-state index in [0.29, 0.717) is 11.4 Å². The van der Waals surface area contributed by atoms with Crippen LogP contribution in [0.15, 0.2) is 24.3 Å². The molecule has 0 saturated heterocycles. The van der Waals surface area contributed by atoms with E-state index < -0.39 is 11.7 Å². The Hall–Kier alpha value is -1.82. The van der Waals surface area contributed by atoms with Gasteiger partial charge in [-0.2, -0.15) is 18.2 Å². The van der Waals surface area contributed by atoms with E-state index >= 15 is 0 Å². The lowest BCUT2D eigenvalue weighted by atomic mass is 10.2.